The molecule has 0 unspecified atom stereocenters. The van der Waals surface area contributed by atoms with Crippen LogP contribution in [-0.4, -0.2) is 26.1 Å². The number of hydrazine groups is 1. The number of methoxy groups -OCH3 is 1. The molecule has 0 atom stereocenters. The third-order valence-electron chi connectivity index (χ3n) is 2.15. The highest BCUT2D eigenvalue weighted by molar-refractivity contribution is 9.10. The van der Waals surface area contributed by atoms with Crippen LogP contribution < -0.4 is 11.3 Å². The molecule has 0 aliphatic rings. The van der Waals surface area contributed by atoms with Gasteiger partial charge in [0.2, 0.25) is 0 Å². The number of hydrogen-bond acceptors (Lipinski definition) is 3. The van der Waals surface area contributed by atoms with Crippen LogP contribution in [0.25, 0.3) is 0 Å². The van der Waals surface area contributed by atoms with Crippen molar-refractivity contribution in [3.05, 3.63) is 33.8 Å². The number of rotatable bonds is 4. The van der Waals surface area contributed by atoms with E-state index in [1.165, 1.54) is 5.56 Å². The van der Waals surface area contributed by atoms with E-state index < -0.39 is 0 Å². The van der Waals surface area contributed by atoms with Crippen molar-refractivity contribution in [3.8, 4) is 0 Å². The summed E-state index contributed by atoms with van der Waals surface area (Å²) in [7, 11) is 1.65. The summed E-state index contributed by atoms with van der Waals surface area (Å²) in [6.07, 6.45) is 0. The number of aliphatic imine (C=N–C) groups is 1. The molecule has 0 radical (unpaired) electrons. The first-order chi connectivity index (χ1) is 7.69. The van der Waals surface area contributed by atoms with Gasteiger partial charge in [-0.3, -0.25) is 4.99 Å². The second-order valence-electron chi connectivity index (χ2n) is 3.33. The normalized spacial score (nSPS) is 11.6. The molecule has 0 heterocycles. The summed E-state index contributed by atoms with van der Waals surface area (Å²) in [5.74, 6) is 6.10. The van der Waals surface area contributed by atoms with Crippen LogP contribution in [0.5, 0.6) is 0 Å². The number of nitrogens with one attached hydrogen (secondary N) is 1. The Kier molecular flexibility index (Phi) is 5.45. The lowest BCUT2D eigenvalue weighted by Gasteiger charge is -2.07. The van der Waals surface area contributed by atoms with E-state index in [0.717, 1.165) is 10.0 Å². The number of hydrogen-bond donors (Lipinski definition) is 2. The molecule has 1 aromatic carbocycles. The lowest BCUT2D eigenvalue weighted by Crippen LogP contribution is -2.31. The maximum Gasteiger partial charge on any atom is 0.142 e. The van der Waals surface area contributed by atoms with Gasteiger partial charge in [-0.15, -0.1) is 0 Å². The van der Waals surface area contributed by atoms with Crippen molar-refractivity contribution in [2.24, 2.45) is 10.8 Å². The summed E-state index contributed by atoms with van der Waals surface area (Å²) in [4.78, 5) is 4.31. The van der Waals surface area contributed by atoms with E-state index >= 15 is 0 Å². The molecule has 0 fully saturated rings. The van der Waals surface area contributed by atoms with Gasteiger partial charge in [0, 0.05) is 17.1 Å². The fourth-order valence-electron chi connectivity index (χ4n) is 1.21. The van der Waals surface area contributed by atoms with Crippen LogP contribution in [-0.2, 0) is 4.74 Å². The fraction of sp³-hybridized carbons (Fsp3) is 0.364. The van der Waals surface area contributed by atoms with Crippen LogP contribution in [0.2, 0.25) is 0 Å². The molecule has 0 aliphatic carbocycles. The Morgan fingerprint density at radius 3 is 2.88 bits per heavy atom. The van der Waals surface area contributed by atoms with Crippen molar-refractivity contribution in [2.75, 3.05) is 20.3 Å². The number of ether oxygens (including phenoxy) is 1. The van der Waals surface area contributed by atoms with Crippen LogP contribution >= 0.6 is 15.9 Å². The lowest BCUT2D eigenvalue weighted by molar-refractivity contribution is 0.208. The minimum atomic E-state index is 0.582. The van der Waals surface area contributed by atoms with Gasteiger partial charge in [-0.25, -0.2) is 5.84 Å². The van der Waals surface area contributed by atoms with Crippen molar-refractivity contribution < 1.29 is 4.74 Å². The maximum atomic E-state index is 5.44. The first-order valence-corrected chi connectivity index (χ1v) is 5.75. The molecule has 0 saturated carbocycles. The lowest BCUT2D eigenvalue weighted by atomic mass is 10.1. The Balaban J connectivity index is 2.86. The Bertz CT molecular complexity index is 379. The SMILES string of the molecule is COCCN=C(NN)c1ccc(C)c(Br)c1. The van der Waals surface area contributed by atoms with E-state index in [4.69, 9.17) is 10.6 Å². The molecule has 0 aliphatic heterocycles. The Morgan fingerprint density at radius 2 is 2.31 bits per heavy atom. The van der Waals surface area contributed by atoms with Crippen molar-refractivity contribution in [1.82, 2.24) is 5.43 Å². The molecule has 3 N–H and O–H groups in total. The van der Waals surface area contributed by atoms with E-state index in [9.17, 15) is 0 Å². The molecular weight excluding hydrogens is 270 g/mol. The summed E-state index contributed by atoms with van der Waals surface area (Å²) in [5.41, 5.74) is 4.73. The van der Waals surface area contributed by atoms with Gasteiger partial charge in [-0.05, 0) is 18.6 Å². The molecule has 0 amide bonds. The van der Waals surface area contributed by atoms with Gasteiger partial charge in [0.1, 0.15) is 5.84 Å². The number of halogens is 1. The van der Waals surface area contributed by atoms with Crippen LogP contribution in [0.3, 0.4) is 0 Å². The second kappa shape index (κ2) is 6.62. The van der Waals surface area contributed by atoms with Crippen LogP contribution in [0.4, 0.5) is 0 Å². The van der Waals surface area contributed by atoms with Crippen molar-refractivity contribution in [2.45, 2.75) is 6.92 Å². The molecule has 1 rings (SSSR count). The average Bonchev–Trinajstić information content (AvgIpc) is 2.29. The van der Waals surface area contributed by atoms with E-state index in [1.807, 2.05) is 25.1 Å². The zero-order chi connectivity index (χ0) is 12.0. The van der Waals surface area contributed by atoms with Crippen molar-refractivity contribution in [3.63, 3.8) is 0 Å². The molecule has 0 aromatic heterocycles. The van der Waals surface area contributed by atoms with E-state index in [2.05, 4.69) is 26.3 Å². The van der Waals surface area contributed by atoms with Gasteiger partial charge in [-0.2, -0.15) is 0 Å². The predicted octanol–water partition coefficient (Wildman–Crippen LogP) is 1.61. The zero-order valence-electron chi connectivity index (χ0n) is 9.46. The van der Waals surface area contributed by atoms with Gasteiger partial charge in [-0.1, -0.05) is 28.1 Å². The summed E-state index contributed by atoms with van der Waals surface area (Å²) < 4.78 is 5.97. The molecule has 1 aromatic rings. The molecule has 88 valence electrons. The topological polar surface area (TPSA) is 59.6 Å². The Labute approximate surface area is 104 Å². The molecule has 0 spiro atoms. The van der Waals surface area contributed by atoms with Crippen molar-refractivity contribution in [1.29, 1.82) is 0 Å². The second-order valence-corrected chi connectivity index (χ2v) is 4.19. The van der Waals surface area contributed by atoms with Gasteiger partial charge >= 0.3 is 0 Å². The van der Waals surface area contributed by atoms with Gasteiger partial charge in [0.05, 0.1) is 13.2 Å². The predicted molar refractivity (Wildman–Crippen MR) is 69.5 cm³/mol. The van der Waals surface area contributed by atoms with E-state index in [0.29, 0.717) is 19.0 Å². The Morgan fingerprint density at radius 1 is 1.56 bits per heavy atom. The third-order valence-corrected chi connectivity index (χ3v) is 3.00. The largest absolute Gasteiger partial charge is 0.383 e. The fourth-order valence-corrected chi connectivity index (χ4v) is 1.59. The number of aryl methyl sites for hydroxylation is 1. The van der Waals surface area contributed by atoms with Gasteiger partial charge in [0.15, 0.2) is 0 Å². The number of nitrogens with two attached hydrogens (primary N) is 1. The highest BCUT2D eigenvalue weighted by Gasteiger charge is 2.03. The summed E-state index contributed by atoms with van der Waals surface area (Å²) in [6, 6.07) is 5.98. The third kappa shape index (κ3) is 3.59. The van der Waals surface area contributed by atoms with Crippen molar-refractivity contribution >= 4 is 21.8 Å². The standard InChI is InChI=1S/C11H16BrN3O/c1-8-3-4-9(7-10(8)12)11(15-13)14-5-6-16-2/h3-4,7H,5-6,13H2,1-2H3,(H,14,15). The van der Waals surface area contributed by atoms with E-state index in [-0.39, 0.29) is 0 Å². The number of nitrogens with zero attached hydrogens (tertiary/aromatic N) is 1. The van der Waals surface area contributed by atoms with Gasteiger partial charge in [0.25, 0.3) is 0 Å². The molecule has 5 heteroatoms. The van der Waals surface area contributed by atoms with Gasteiger partial charge < -0.3 is 10.2 Å². The smallest absolute Gasteiger partial charge is 0.142 e. The first kappa shape index (κ1) is 13.2. The van der Waals surface area contributed by atoms with Crippen LogP contribution in [0.1, 0.15) is 11.1 Å². The van der Waals surface area contributed by atoms with Crippen LogP contribution in [0, 0.1) is 6.92 Å². The number of amidine groups is 1. The zero-order valence-corrected chi connectivity index (χ0v) is 11.0. The quantitative estimate of drug-likeness (QED) is 0.291. The summed E-state index contributed by atoms with van der Waals surface area (Å²) in [6.45, 7) is 3.20. The summed E-state index contributed by atoms with van der Waals surface area (Å²) in [5, 5.41) is 0. The molecular formula is C11H16BrN3O. The molecule has 0 saturated heterocycles. The molecule has 0 bridgehead atoms. The monoisotopic (exact) mass is 285 g/mol. The van der Waals surface area contributed by atoms with Crippen LogP contribution in [0.15, 0.2) is 27.7 Å². The minimum Gasteiger partial charge on any atom is -0.383 e. The minimum absolute atomic E-state index is 0.582. The summed E-state index contributed by atoms with van der Waals surface area (Å²) >= 11 is 3.48. The molecule has 16 heavy (non-hydrogen) atoms. The van der Waals surface area contributed by atoms with E-state index in [1.54, 1.807) is 7.11 Å². The maximum absolute atomic E-state index is 5.44. The molecule has 4 nitrogen and oxygen atoms in total. The first-order valence-electron chi connectivity index (χ1n) is 4.95. The highest BCUT2D eigenvalue weighted by atomic mass is 79.9. The highest BCUT2D eigenvalue weighted by Crippen LogP contribution is 2.17. The Hall–Kier alpha value is -0.910. The number of benzene rings is 1. The average molecular weight is 286 g/mol.